The van der Waals surface area contributed by atoms with Gasteiger partial charge in [0.05, 0.1) is 11.3 Å². The van der Waals surface area contributed by atoms with Crippen LogP contribution in [0, 0.1) is 11.3 Å². The molecular weight excluding hydrogens is 312 g/mol. The number of nitriles is 1. The maximum absolute atomic E-state index is 9.38. The van der Waals surface area contributed by atoms with E-state index in [0.29, 0.717) is 6.04 Å². The van der Waals surface area contributed by atoms with Crippen LogP contribution in [0.3, 0.4) is 0 Å². The predicted octanol–water partition coefficient (Wildman–Crippen LogP) is 4.79. The molecule has 0 bridgehead atoms. The molecule has 1 unspecified atom stereocenters. The van der Waals surface area contributed by atoms with Crippen LogP contribution in [0.25, 0.3) is 0 Å². The molecular formula is C17H15BrN2. The SMILES string of the molecule is CC1CCc2ccccc2N1c1cc(Br)ccc1C#N. The molecule has 20 heavy (non-hydrogen) atoms. The van der Waals surface area contributed by atoms with Gasteiger partial charge in [0, 0.05) is 16.2 Å². The monoisotopic (exact) mass is 326 g/mol. The second-order valence-electron chi connectivity index (χ2n) is 5.16. The third-order valence-corrected chi connectivity index (χ3v) is 4.36. The smallest absolute Gasteiger partial charge is 0.101 e. The highest BCUT2D eigenvalue weighted by Gasteiger charge is 2.25. The van der Waals surface area contributed by atoms with Crippen molar-refractivity contribution in [1.29, 1.82) is 5.26 Å². The van der Waals surface area contributed by atoms with Crippen molar-refractivity contribution in [1.82, 2.24) is 0 Å². The minimum absolute atomic E-state index is 0.395. The molecule has 0 N–H and O–H groups in total. The summed E-state index contributed by atoms with van der Waals surface area (Å²) in [5, 5.41) is 9.38. The molecule has 100 valence electrons. The maximum Gasteiger partial charge on any atom is 0.101 e. The van der Waals surface area contributed by atoms with Crippen molar-refractivity contribution in [3.63, 3.8) is 0 Å². The summed E-state index contributed by atoms with van der Waals surface area (Å²) in [6.45, 7) is 2.22. The van der Waals surface area contributed by atoms with Gasteiger partial charge in [-0.05, 0) is 49.6 Å². The molecule has 2 aromatic carbocycles. The van der Waals surface area contributed by atoms with E-state index in [1.54, 1.807) is 0 Å². The number of fused-ring (bicyclic) bond motifs is 1. The van der Waals surface area contributed by atoms with Gasteiger partial charge in [-0.2, -0.15) is 5.26 Å². The summed E-state index contributed by atoms with van der Waals surface area (Å²) in [6.07, 6.45) is 2.21. The van der Waals surface area contributed by atoms with Gasteiger partial charge >= 0.3 is 0 Å². The molecule has 3 rings (SSSR count). The van der Waals surface area contributed by atoms with Crippen LogP contribution in [0.4, 0.5) is 11.4 Å². The molecule has 2 aromatic rings. The molecule has 0 aliphatic carbocycles. The Labute approximate surface area is 127 Å². The maximum atomic E-state index is 9.38. The highest BCUT2D eigenvalue weighted by Crippen LogP contribution is 2.39. The minimum atomic E-state index is 0.395. The number of aryl methyl sites for hydroxylation is 1. The van der Waals surface area contributed by atoms with Crippen molar-refractivity contribution in [2.24, 2.45) is 0 Å². The lowest BCUT2D eigenvalue weighted by atomic mass is 9.95. The highest BCUT2D eigenvalue weighted by atomic mass is 79.9. The Morgan fingerprint density at radius 2 is 2.00 bits per heavy atom. The van der Waals surface area contributed by atoms with Crippen LogP contribution in [0.1, 0.15) is 24.5 Å². The van der Waals surface area contributed by atoms with Crippen molar-refractivity contribution >= 4 is 27.3 Å². The second kappa shape index (κ2) is 5.30. The van der Waals surface area contributed by atoms with Crippen molar-refractivity contribution in [2.45, 2.75) is 25.8 Å². The zero-order valence-electron chi connectivity index (χ0n) is 11.3. The van der Waals surface area contributed by atoms with Gasteiger partial charge in [-0.3, -0.25) is 0 Å². The molecule has 1 heterocycles. The van der Waals surface area contributed by atoms with Gasteiger partial charge in [-0.25, -0.2) is 0 Å². The standard InChI is InChI=1S/C17H15BrN2/c1-12-6-7-13-4-2-3-5-16(13)20(12)17-10-15(18)9-8-14(17)11-19/h2-5,8-10,12H,6-7H2,1H3. The topological polar surface area (TPSA) is 27.0 Å². The summed E-state index contributed by atoms with van der Waals surface area (Å²) in [4.78, 5) is 2.29. The van der Waals surface area contributed by atoms with Crippen LogP contribution in [0.5, 0.6) is 0 Å². The summed E-state index contributed by atoms with van der Waals surface area (Å²) in [5.41, 5.74) is 4.29. The van der Waals surface area contributed by atoms with E-state index < -0.39 is 0 Å². The molecule has 0 amide bonds. The Morgan fingerprint density at radius 1 is 1.20 bits per heavy atom. The summed E-state index contributed by atoms with van der Waals surface area (Å²) >= 11 is 3.52. The summed E-state index contributed by atoms with van der Waals surface area (Å²) in [6, 6.07) is 17.0. The average molecular weight is 327 g/mol. The Balaban J connectivity index is 2.19. The molecule has 0 spiro atoms. The lowest BCUT2D eigenvalue weighted by molar-refractivity contribution is 0.618. The van der Waals surface area contributed by atoms with Crippen LogP contribution >= 0.6 is 15.9 Å². The molecule has 0 radical (unpaired) electrons. The molecule has 0 fully saturated rings. The van der Waals surface area contributed by atoms with Crippen LogP contribution in [-0.4, -0.2) is 6.04 Å². The van der Waals surface area contributed by atoms with Gasteiger partial charge in [0.2, 0.25) is 0 Å². The third kappa shape index (κ3) is 2.21. The van der Waals surface area contributed by atoms with Crippen molar-refractivity contribution < 1.29 is 0 Å². The Bertz CT molecular complexity index is 688. The first-order chi connectivity index (χ1) is 9.70. The fourth-order valence-corrected chi connectivity index (χ4v) is 3.20. The first-order valence-corrected chi connectivity index (χ1v) is 7.57. The van der Waals surface area contributed by atoms with Crippen molar-refractivity contribution in [3.05, 3.63) is 58.1 Å². The Morgan fingerprint density at radius 3 is 2.80 bits per heavy atom. The number of nitrogens with zero attached hydrogens (tertiary/aromatic N) is 2. The molecule has 0 saturated heterocycles. The molecule has 0 saturated carbocycles. The quantitative estimate of drug-likeness (QED) is 0.753. The van der Waals surface area contributed by atoms with E-state index >= 15 is 0 Å². The first kappa shape index (κ1) is 13.2. The fraction of sp³-hybridized carbons (Fsp3) is 0.235. The summed E-state index contributed by atoms with van der Waals surface area (Å²) < 4.78 is 1.00. The van der Waals surface area contributed by atoms with E-state index in [2.05, 4.69) is 58.1 Å². The Hall–Kier alpha value is -1.79. The van der Waals surface area contributed by atoms with Crippen molar-refractivity contribution in [3.8, 4) is 6.07 Å². The average Bonchev–Trinajstić information content (AvgIpc) is 2.47. The normalized spacial score (nSPS) is 17.4. The number of hydrogen-bond acceptors (Lipinski definition) is 2. The minimum Gasteiger partial charge on any atom is -0.337 e. The van der Waals surface area contributed by atoms with E-state index in [0.717, 1.165) is 28.6 Å². The van der Waals surface area contributed by atoms with Crippen LogP contribution in [0.2, 0.25) is 0 Å². The van der Waals surface area contributed by atoms with Crippen LogP contribution in [0.15, 0.2) is 46.9 Å². The van der Waals surface area contributed by atoms with E-state index in [4.69, 9.17) is 0 Å². The number of anilines is 2. The molecule has 1 aliphatic heterocycles. The lowest BCUT2D eigenvalue weighted by Gasteiger charge is -2.37. The molecule has 0 aromatic heterocycles. The lowest BCUT2D eigenvalue weighted by Crippen LogP contribution is -2.33. The van der Waals surface area contributed by atoms with E-state index in [1.807, 2.05) is 18.2 Å². The molecule has 1 atom stereocenters. The third-order valence-electron chi connectivity index (χ3n) is 3.86. The summed E-state index contributed by atoms with van der Waals surface area (Å²) in [7, 11) is 0. The number of benzene rings is 2. The van der Waals surface area contributed by atoms with Gasteiger partial charge in [-0.1, -0.05) is 34.1 Å². The zero-order chi connectivity index (χ0) is 14.1. The van der Waals surface area contributed by atoms with Gasteiger partial charge < -0.3 is 4.90 Å². The van der Waals surface area contributed by atoms with Crippen LogP contribution in [-0.2, 0) is 6.42 Å². The van der Waals surface area contributed by atoms with Crippen molar-refractivity contribution in [2.75, 3.05) is 4.90 Å². The fourth-order valence-electron chi connectivity index (χ4n) is 2.85. The number of halogens is 1. The molecule has 2 nitrogen and oxygen atoms in total. The molecule has 1 aliphatic rings. The number of para-hydroxylation sites is 1. The van der Waals surface area contributed by atoms with Gasteiger partial charge in [0.15, 0.2) is 0 Å². The predicted molar refractivity (Wildman–Crippen MR) is 85.2 cm³/mol. The second-order valence-corrected chi connectivity index (χ2v) is 6.08. The van der Waals surface area contributed by atoms with Gasteiger partial charge in [-0.15, -0.1) is 0 Å². The number of hydrogen-bond donors (Lipinski definition) is 0. The van der Waals surface area contributed by atoms with E-state index in [1.165, 1.54) is 11.3 Å². The van der Waals surface area contributed by atoms with Gasteiger partial charge in [0.1, 0.15) is 6.07 Å². The number of rotatable bonds is 1. The van der Waals surface area contributed by atoms with Gasteiger partial charge in [0.25, 0.3) is 0 Å². The highest BCUT2D eigenvalue weighted by molar-refractivity contribution is 9.10. The van der Waals surface area contributed by atoms with E-state index in [-0.39, 0.29) is 0 Å². The van der Waals surface area contributed by atoms with E-state index in [9.17, 15) is 5.26 Å². The zero-order valence-corrected chi connectivity index (χ0v) is 12.9. The Kier molecular flexibility index (Phi) is 3.50. The first-order valence-electron chi connectivity index (χ1n) is 6.77. The largest absolute Gasteiger partial charge is 0.337 e. The van der Waals surface area contributed by atoms with Crippen LogP contribution < -0.4 is 4.90 Å². The summed E-state index contributed by atoms with van der Waals surface area (Å²) in [5.74, 6) is 0. The molecule has 3 heteroatoms.